The lowest BCUT2D eigenvalue weighted by atomic mass is 10.1. The number of rotatable bonds is 7. The summed E-state index contributed by atoms with van der Waals surface area (Å²) >= 11 is 0. The van der Waals surface area contributed by atoms with E-state index >= 15 is 0 Å². The quantitative estimate of drug-likeness (QED) is 0.302. The molecule has 0 bridgehead atoms. The monoisotopic (exact) mass is 548 g/mol. The van der Waals surface area contributed by atoms with Crippen molar-refractivity contribution in [2.45, 2.75) is 51.4 Å². The fraction of sp³-hybridized carbons (Fsp3) is 0.379. The van der Waals surface area contributed by atoms with E-state index in [1.807, 2.05) is 25.1 Å². The van der Waals surface area contributed by atoms with Crippen LogP contribution in [0.15, 0.2) is 54.7 Å². The van der Waals surface area contributed by atoms with Crippen LogP contribution in [0, 0.1) is 0 Å². The number of benzene rings is 2. The SMILES string of the molecule is C[C@@H]1CN(Cc2ccccc2)CCN1C(=O)C(=O)c1c[nH]c2c(NC(=O)[C@H]3OC(C)(C)O[C@@H]3C(=O)O)cccc12. The maximum absolute atomic E-state index is 13.4. The van der Waals surface area contributed by atoms with Gasteiger partial charge < -0.3 is 29.8 Å². The summed E-state index contributed by atoms with van der Waals surface area (Å²) in [6.45, 7) is 7.52. The first kappa shape index (κ1) is 27.5. The summed E-state index contributed by atoms with van der Waals surface area (Å²) in [6, 6.07) is 14.9. The lowest BCUT2D eigenvalue weighted by Gasteiger charge is -2.39. The van der Waals surface area contributed by atoms with Crippen LogP contribution in [0.1, 0.15) is 36.7 Å². The Bertz CT molecular complexity index is 1450. The topological polar surface area (TPSA) is 141 Å². The van der Waals surface area contributed by atoms with Crippen molar-refractivity contribution in [1.29, 1.82) is 0 Å². The number of amides is 2. The first-order chi connectivity index (χ1) is 19.0. The van der Waals surface area contributed by atoms with Gasteiger partial charge >= 0.3 is 5.97 Å². The molecule has 2 aromatic carbocycles. The molecule has 3 heterocycles. The van der Waals surface area contributed by atoms with Crippen molar-refractivity contribution < 1.29 is 33.8 Å². The minimum atomic E-state index is -1.47. The molecule has 0 unspecified atom stereocenters. The van der Waals surface area contributed by atoms with Crippen molar-refractivity contribution >= 4 is 40.2 Å². The Morgan fingerprint density at radius 1 is 1.02 bits per heavy atom. The van der Waals surface area contributed by atoms with E-state index in [0.29, 0.717) is 36.2 Å². The molecule has 2 amide bonds. The maximum Gasteiger partial charge on any atom is 0.336 e. The van der Waals surface area contributed by atoms with Crippen LogP contribution in [0.5, 0.6) is 0 Å². The number of hydrogen-bond donors (Lipinski definition) is 3. The summed E-state index contributed by atoms with van der Waals surface area (Å²) in [5.74, 6) is -4.48. The van der Waals surface area contributed by atoms with Crippen LogP contribution < -0.4 is 5.32 Å². The number of ketones is 1. The molecule has 11 nitrogen and oxygen atoms in total. The number of aromatic nitrogens is 1. The normalized spacial score (nSPS) is 22.8. The summed E-state index contributed by atoms with van der Waals surface area (Å²) < 4.78 is 10.9. The molecule has 1 aromatic heterocycles. The zero-order chi connectivity index (χ0) is 28.6. The molecule has 3 aromatic rings. The molecule has 3 N–H and O–H groups in total. The van der Waals surface area contributed by atoms with E-state index < -0.39 is 41.6 Å². The van der Waals surface area contributed by atoms with Gasteiger partial charge in [-0.05, 0) is 32.4 Å². The maximum atomic E-state index is 13.4. The molecular weight excluding hydrogens is 516 g/mol. The average molecular weight is 549 g/mol. The van der Waals surface area contributed by atoms with Crippen LogP contribution in [0.2, 0.25) is 0 Å². The van der Waals surface area contributed by atoms with Gasteiger partial charge in [-0.15, -0.1) is 0 Å². The number of carbonyl (C=O) groups is 4. The third-order valence-corrected chi connectivity index (χ3v) is 7.23. The molecule has 0 spiro atoms. The molecule has 2 aliphatic rings. The number of H-pyrrole nitrogens is 1. The molecule has 0 aliphatic carbocycles. The highest BCUT2D eigenvalue weighted by Gasteiger charge is 2.49. The summed E-state index contributed by atoms with van der Waals surface area (Å²) in [6.07, 6.45) is -1.39. The van der Waals surface area contributed by atoms with Crippen LogP contribution in [0.25, 0.3) is 10.9 Å². The number of aromatic amines is 1. The summed E-state index contributed by atoms with van der Waals surface area (Å²) in [7, 11) is 0. The fourth-order valence-electron chi connectivity index (χ4n) is 5.35. The van der Waals surface area contributed by atoms with Crippen LogP contribution in [-0.4, -0.2) is 87.1 Å². The third-order valence-electron chi connectivity index (χ3n) is 7.23. The average Bonchev–Trinajstić information content (AvgIpc) is 3.50. The first-order valence-corrected chi connectivity index (χ1v) is 13.1. The second-order valence-electron chi connectivity index (χ2n) is 10.6. The number of carbonyl (C=O) groups excluding carboxylic acids is 3. The van der Waals surface area contributed by atoms with Crippen molar-refractivity contribution in [1.82, 2.24) is 14.8 Å². The van der Waals surface area contributed by atoms with Gasteiger partial charge in [0.15, 0.2) is 18.0 Å². The standard InChI is InChI=1S/C29H32N4O7/c1-17-15-32(16-18-8-5-4-6-9-18)12-13-33(17)27(36)23(34)20-14-30-22-19(20)10-7-11-21(22)31-26(35)24-25(28(37)38)40-29(2,3)39-24/h4-11,14,17,24-25,30H,12-13,15-16H2,1-3H3,(H,31,35)(H,37,38)/t17-,24+,25+/m1/s1. The number of hydrogen-bond acceptors (Lipinski definition) is 7. The number of ether oxygens (including phenoxy) is 2. The van der Waals surface area contributed by atoms with Crippen molar-refractivity contribution in [3.8, 4) is 0 Å². The second kappa shape index (κ2) is 10.8. The highest BCUT2D eigenvalue weighted by molar-refractivity contribution is 6.45. The number of piperazine rings is 1. The zero-order valence-corrected chi connectivity index (χ0v) is 22.5. The van der Waals surface area contributed by atoms with Gasteiger partial charge in [-0.3, -0.25) is 19.3 Å². The minimum absolute atomic E-state index is 0.144. The predicted molar refractivity (Wildman–Crippen MR) is 146 cm³/mol. The number of nitrogens with zero attached hydrogens (tertiary/aromatic N) is 2. The predicted octanol–water partition coefficient (Wildman–Crippen LogP) is 2.63. The smallest absolute Gasteiger partial charge is 0.336 e. The Kier molecular flexibility index (Phi) is 7.45. The van der Waals surface area contributed by atoms with Gasteiger partial charge in [0.1, 0.15) is 0 Å². The van der Waals surface area contributed by atoms with Gasteiger partial charge in [0, 0.05) is 43.8 Å². The molecule has 2 fully saturated rings. The van der Waals surface area contributed by atoms with Crippen LogP contribution in [0.4, 0.5) is 5.69 Å². The van der Waals surface area contributed by atoms with Crippen LogP contribution in [-0.2, 0) is 30.4 Å². The van der Waals surface area contributed by atoms with Gasteiger partial charge in [0.05, 0.1) is 16.8 Å². The number of fused-ring (bicyclic) bond motifs is 1. The van der Waals surface area contributed by atoms with Crippen molar-refractivity contribution in [2.75, 3.05) is 25.0 Å². The number of anilines is 1. The van der Waals surface area contributed by atoms with E-state index in [4.69, 9.17) is 9.47 Å². The molecule has 11 heteroatoms. The summed E-state index contributed by atoms with van der Waals surface area (Å²) in [4.78, 5) is 58.1. The number of para-hydroxylation sites is 1. The van der Waals surface area contributed by atoms with Crippen molar-refractivity contribution in [3.63, 3.8) is 0 Å². The highest BCUT2D eigenvalue weighted by atomic mass is 16.8. The zero-order valence-electron chi connectivity index (χ0n) is 22.5. The summed E-state index contributed by atoms with van der Waals surface area (Å²) in [5.41, 5.74) is 2.13. The van der Waals surface area contributed by atoms with E-state index in [-0.39, 0.29) is 11.6 Å². The number of nitrogens with one attached hydrogen (secondary N) is 2. The van der Waals surface area contributed by atoms with Crippen LogP contribution >= 0.6 is 0 Å². The molecule has 5 rings (SSSR count). The Hall–Kier alpha value is -4.06. The molecule has 40 heavy (non-hydrogen) atoms. The highest BCUT2D eigenvalue weighted by Crippen LogP contribution is 2.31. The molecule has 2 aliphatic heterocycles. The molecule has 0 saturated carbocycles. The Morgan fingerprint density at radius 3 is 2.45 bits per heavy atom. The number of Topliss-reactive ketones (excluding diaryl/α,β-unsaturated/α-hetero) is 1. The lowest BCUT2D eigenvalue weighted by Crippen LogP contribution is -2.55. The van der Waals surface area contributed by atoms with Crippen molar-refractivity contribution in [3.05, 3.63) is 65.9 Å². The largest absolute Gasteiger partial charge is 0.479 e. The van der Waals surface area contributed by atoms with Gasteiger partial charge in [0.2, 0.25) is 0 Å². The Labute approximate surface area is 231 Å². The van der Waals surface area contributed by atoms with E-state index in [9.17, 15) is 24.3 Å². The van der Waals surface area contributed by atoms with Gasteiger partial charge in [0.25, 0.3) is 17.6 Å². The molecule has 2 saturated heterocycles. The number of carboxylic acids is 1. The Balaban J connectivity index is 1.29. The van der Waals surface area contributed by atoms with E-state index in [2.05, 4.69) is 27.3 Å². The fourth-order valence-corrected chi connectivity index (χ4v) is 5.35. The number of aliphatic carboxylic acids is 1. The second-order valence-corrected chi connectivity index (χ2v) is 10.6. The molecule has 210 valence electrons. The van der Waals surface area contributed by atoms with Gasteiger partial charge in [-0.25, -0.2) is 4.79 Å². The lowest BCUT2D eigenvalue weighted by molar-refractivity contribution is -0.166. The molecular formula is C29H32N4O7. The van der Waals surface area contributed by atoms with Gasteiger partial charge in [-0.1, -0.05) is 42.5 Å². The van der Waals surface area contributed by atoms with Crippen LogP contribution in [0.3, 0.4) is 0 Å². The van der Waals surface area contributed by atoms with E-state index in [0.717, 1.165) is 6.54 Å². The van der Waals surface area contributed by atoms with E-state index in [1.54, 1.807) is 23.1 Å². The molecule has 0 radical (unpaired) electrons. The van der Waals surface area contributed by atoms with E-state index in [1.165, 1.54) is 25.6 Å². The third kappa shape index (κ3) is 5.48. The van der Waals surface area contributed by atoms with Gasteiger partial charge in [-0.2, -0.15) is 0 Å². The minimum Gasteiger partial charge on any atom is -0.479 e. The Morgan fingerprint density at radius 2 is 1.75 bits per heavy atom. The number of carboxylic acid groups (broad SMARTS) is 1. The first-order valence-electron chi connectivity index (χ1n) is 13.1. The summed E-state index contributed by atoms with van der Waals surface area (Å²) in [5, 5.41) is 12.6. The molecule has 3 atom stereocenters. The van der Waals surface area contributed by atoms with Crippen molar-refractivity contribution in [2.24, 2.45) is 0 Å².